The number of rotatable bonds is 6. The van der Waals surface area contributed by atoms with Gasteiger partial charge in [-0.3, -0.25) is 14.9 Å². The van der Waals surface area contributed by atoms with E-state index in [1.807, 2.05) is 19.0 Å². The molecule has 0 saturated heterocycles. The Hall–Kier alpha value is -2.74. The summed E-state index contributed by atoms with van der Waals surface area (Å²) in [6.07, 6.45) is 1.50. The summed E-state index contributed by atoms with van der Waals surface area (Å²) in [5.41, 5.74) is 1.85. The van der Waals surface area contributed by atoms with Crippen LogP contribution in [0.1, 0.15) is 16.1 Å². The highest BCUT2D eigenvalue weighted by Crippen LogP contribution is 2.17. The van der Waals surface area contributed by atoms with Crippen molar-refractivity contribution in [2.45, 2.75) is 6.92 Å². The monoisotopic (exact) mass is 317 g/mol. The van der Waals surface area contributed by atoms with Gasteiger partial charge in [-0.2, -0.15) is 5.10 Å². The molecule has 0 saturated carbocycles. The van der Waals surface area contributed by atoms with Crippen LogP contribution in [-0.2, 0) is 0 Å². The number of nitro groups is 1. The van der Waals surface area contributed by atoms with E-state index in [0.717, 1.165) is 6.54 Å². The summed E-state index contributed by atoms with van der Waals surface area (Å²) < 4.78 is 1.59. The van der Waals surface area contributed by atoms with Gasteiger partial charge in [0.05, 0.1) is 28.1 Å². The SMILES string of the molecule is Cc1c(C(=O)NCCN(C)C)cnn1-c1ccc([N+](=O)[O-])cc1. The molecule has 2 aromatic rings. The van der Waals surface area contributed by atoms with Crippen molar-refractivity contribution in [3.05, 3.63) is 51.8 Å². The van der Waals surface area contributed by atoms with Crippen LogP contribution in [0.2, 0.25) is 0 Å². The highest BCUT2D eigenvalue weighted by atomic mass is 16.6. The average Bonchev–Trinajstić information content (AvgIpc) is 2.88. The van der Waals surface area contributed by atoms with Crippen LogP contribution in [0.4, 0.5) is 5.69 Å². The number of aromatic nitrogens is 2. The van der Waals surface area contributed by atoms with E-state index in [2.05, 4.69) is 10.4 Å². The van der Waals surface area contributed by atoms with E-state index in [1.54, 1.807) is 23.7 Å². The second-order valence-corrected chi connectivity index (χ2v) is 5.39. The maximum absolute atomic E-state index is 12.2. The largest absolute Gasteiger partial charge is 0.351 e. The van der Waals surface area contributed by atoms with Gasteiger partial charge >= 0.3 is 0 Å². The highest BCUT2D eigenvalue weighted by Gasteiger charge is 2.15. The van der Waals surface area contributed by atoms with E-state index in [0.29, 0.717) is 23.5 Å². The summed E-state index contributed by atoms with van der Waals surface area (Å²) in [5, 5.41) is 17.7. The lowest BCUT2D eigenvalue weighted by molar-refractivity contribution is -0.384. The second-order valence-electron chi connectivity index (χ2n) is 5.39. The summed E-state index contributed by atoms with van der Waals surface area (Å²) in [6.45, 7) is 3.09. The van der Waals surface area contributed by atoms with Crippen molar-refractivity contribution in [1.29, 1.82) is 0 Å². The third-order valence-electron chi connectivity index (χ3n) is 3.40. The van der Waals surface area contributed by atoms with E-state index >= 15 is 0 Å². The fourth-order valence-electron chi connectivity index (χ4n) is 2.10. The Balaban J connectivity index is 2.15. The molecule has 1 amide bonds. The summed E-state index contributed by atoms with van der Waals surface area (Å²) in [6, 6.07) is 6.03. The predicted octanol–water partition coefficient (Wildman–Crippen LogP) is 1.38. The van der Waals surface area contributed by atoms with Crippen molar-refractivity contribution < 1.29 is 9.72 Å². The number of carbonyl (C=O) groups is 1. The van der Waals surface area contributed by atoms with E-state index in [4.69, 9.17) is 0 Å². The first-order valence-corrected chi connectivity index (χ1v) is 7.12. The van der Waals surface area contributed by atoms with Crippen LogP contribution < -0.4 is 5.32 Å². The molecule has 2 rings (SSSR count). The van der Waals surface area contributed by atoms with Crippen molar-refractivity contribution in [3.63, 3.8) is 0 Å². The fourth-order valence-corrected chi connectivity index (χ4v) is 2.10. The molecule has 0 fully saturated rings. The molecule has 1 aromatic carbocycles. The van der Waals surface area contributed by atoms with Crippen LogP contribution in [0.3, 0.4) is 0 Å². The molecule has 0 unspecified atom stereocenters. The van der Waals surface area contributed by atoms with Gasteiger partial charge < -0.3 is 10.2 Å². The maximum atomic E-state index is 12.2. The van der Waals surface area contributed by atoms with Crippen molar-refractivity contribution >= 4 is 11.6 Å². The number of hydrogen-bond donors (Lipinski definition) is 1. The molecule has 1 heterocycles. The summed E-state index contributed by atoms with van der Waals surface area (Å²) >= 11 is 0. The first-order chi connectivity index (χ1) is 10.9. The Labute approximate surface area is 133 Å². The lowest BCUT2D eigenvalue weighted by Gasteiger charge is -2.10. The number of likely N-dealkylation sites (N-methyl/N-ethyl adjacent to an activating group) is 1. The lowest BCUT2D eigenvalue weighted by Crippen LogP contribution is -2.31. The van der Waals surface area contributed by atoms with Gasteiger partial charge in [0, 0.05) is 25.2 Å². The third kappa shape index (κ3) is 3.92. The van der Waals surface area contributed by atoms with Crippen LogP contribution in [0.15, 0.2) is 30.5 Å². The smallest absolute Gasteiger partial charge is 0.269 e. The molecule has 0 radical (unpaired) electrons. The van der Waals surface area contributed by atoms with E-state index in [1.165, 1.54) is 18.3 Å². The number of hydrogen-bond acceptors (Lipinski definition) is 5. The Bertz CT molecular complexity index is 706. The van der Waals surface area contributed by atoms with Gasteiger partial charge in [0.25, 0.3) is 11.6 Å². The van der Waals surface area contributed by atoms with Crippen molar-refractivity contribution in [3.8, 4) is 5.69 Å². The van der Waals surface area contributed by atoms with Crippen molar-refractivity contribution in [2.24, 2.45) is 0 Å². The molecule has 0 aliphatic rings. The van der Waals surface area contributed by atoms with Gasteiger partial charge in [0.1, 0.15) is 0 Å². The maximum Gasteiger partial charge on any atom is 0.269 e. The minimum Gasteiger partial charge on any atom is -0.351 e. The molecule has 23 heavy (non-hydrogen) atoms. The number of nitrogens with one attached hydrogen (secondary N) is 1. The number of non-ortho nitro benzene ring substituents is 1. The molecule has 1 aromatic heterocycles. The zero-order valence-corrected chi connectivity index (χ0v) is 13.3. The number of amides is 1. The highest BCUT2D eigenvalue weighted by molar-refractivity contribution is 5.95. The first-order valence-electron chi connectivity index (χ1n) is 7.12. The topological polar surface area (TPSA) is 93.3 Å². The van der Waals surface area contributed by atoms with E-state index in [-0.39, 0.29) is 11.6 Å². The Morgan fingerprint density at radius 1 is 1.35 bits per heavy atom. The Morgan fingerprint density at radius 2 is 2.00 bits per heavy atom. The van der Waals surface area contributed by atoms with Crippen LogP contribution >= 0.6 is 0 Å². The number of nitro benzene ring substituents is 1. The van der Waals surface area contributed by atoms with Crippen LogP contribution in [0, 0.1) is 17.0 Å². The van der Waals surface area contributed by atoms with E-state index < -0.39 is 4.92 Å². The van der Waals surface area contributed by atoms with Crippen molar-refractivity contribution in [2.75, 3.05) is 27.2 Å². The molecular formula is C15H19N5O3. The number of carbonyl (C=O) groups excluding carboxylic acids is 1. The second kappa shape index (κ2) is 7.01. The fraction of sp³-hybridized carbons (Fsp3) is 0.333. The van der Waals surface area contributed by atoms with Crippen molar-refractivity contribution in [1.82, 2.24) is 20.0 Å². The number of benzene rings is 1. The van der Waals surface area contributed by atoms with Gasteiger partial charge in [-0.05, 0) is 33.2 Å². The Kier molecular flexibility index (Phi) is 5.07. The summed E-state index contributed by atoms with van der Waals surface area (Å²) in [7, 11) is 3.87. The molecule has 1 N–H and O–H groups in total. The average molecular weight is 317 g/mol. The summed E-state index contributed by atoms with van der Waals surface area (Å²) in [5.74, 6) is -0.183. The molecule has 0 aliphatic heterocycles. The normalized spacial score (nSPS) is 10.8. The standard InChI is InChI=1S/C15H19N5O3/c1-11-14(15(21)16-8-9-18(2)3)10-17-19(11)12-4-6-13(7-5-12)20(22)23/h4-7,10H,8-9H2,1-3H3,(H,16,21). The molecular weight excluding hydrogens is 298 g/mol. The Morgan fingerprint density at radius 3 is 2.57 bits per heavy atom. The van der Waals surface area contributed by atoms with Crippen LogP contribution in [0.25, 0.3) is 5.69 Å². The lowest BCUT2D eigenvalue weighted by atomic mass is 10.2. The molecule has 0 atom stereocenters. The van der Waals surface area contributed by atoms with Gasteiger partial charge in [0.2, 0.25) is 0 Å². The van der Waals surface area contributed by atoms with Gasteiger partial charge in [0.15, 0.2) is 0 Å². The van der Waals surface area contributed by atoms with Gasteiger partial charge in [-0.15, -0.1) is 0 Å². The minimum atomic E-state index is -0.455. The molecule has 0 bridgehead atoms. The van der Waals surface area contributed by atoms with Gasteiger partial charge in [-0.1, -0.05) is 0 Å². The van der Waals surface area contributed by atoms with Crippen LogP contribution in [0.5, 0.6) is 0 Å². The minimum absolute atomic E-state index is 0.0141. The molecule has 8 nitrogen and oxygen atoms in total. The molecule has 8 heteroatoms. The number of nitrogens with zero attached hydrogens (tertiary/aromatic N) is 4. The zero-order valence-electron chi connectivity index (χ0n) is 13.3. The predicted molar refractivity (Wildman–Crippen MR) is 85.8 cm³/mol. The third-order valence-corrected chi connectivity index (χ3v) is 3.40. The zero-order chi connectivity index (χ0) is 17.0. The van der Waals surface area contributed by atoms with Gasteiger partial charge in [-0.25, -0.2) is 4.68 Å². The molecule has 0 spiro atoms. The first kappa shape index (κ1) is 16.6. The quantitative estimate of drug-likeness (QED) is 0.642. The molecule has 122 valence electrons. The summed E-state index contributed by atoms with van der Waals surface area (Å²) in [4.78, 5) is 24.4. The van der Waals surface area contributed by atoms with Crippen LogP contribution in [-0.4, -0.2) is 52.7 Å². The molecule has 0 aliphatic carbocycles. The van der Waals surface area contributed by atoms with E-state index in [9.17, 15) is 14.9 Å².